The molecule has 8 heteroatoms. The second-order valence-corrected chi connectivity index (χ2v) is 8.68. The minimum atomic E-state index is -0.573. The van der Waals surface area contributed by atoms with Crippen molar-refractivity contribution >= 4 is 29.3 Å². The zero-order chi connectivity index (χ0) is 19.1. The molecule has 158 valence electrons. The molecule has 0 amide bonds. The van der Waals surface area contributed by atoms with E-state index in [2.05, 4.69) is 20.2 Å². The van der Waals surface area contributed by atoms with Gasteiger partial charge in [0, 0.05) is 25.2 Å². The van der Waals surface area contributed by atoms with E-state index in [9.17, 15) is 9.18 Å². The van der Waals surface area contributed by atoms with Gasteiger partial charge in [0.2, 0.25) is 5.95 Å². The predicted octanol–water partition coefficient (Wildman–Crippen LogP) is 3.24. The van der Waals surface area contributed by atoms with E-state index in [1.807, 2.05) is 0 Å². The molecule has 5 rings (SSSR count). The number of rotatable bonds is 4. The van der Waals surface area contributed by atoms with Gasteiger partial charge in [-0.3, -0.25) is 9.78 Å². The highest BCUT2D eigenvalue weighted by atomic mass is 35.5. The van der Waals surface area contributed by atoms with Gasteiger partial charge in [0.15, 0.2) is 0 Å². The number of aromatic nitrogens is 2. The molecule has 3 aliphatic rings. The Labute approximate surface area is 175 Å². The van der Waals surface area contributed by atoms with Gasteiger partial charge in [-0.25, -0.2) is 9.37 Å². The van der Waals surface area contributed by atoms with Crippen LogP contribution in [-0.4, -0.2) is 42.8 Å². The van der Waals surface area contributed by atoms with E-state index in [1.165, 1.54) is 31.7 Å². The Balaban J connectivity index is 0.00000205. The summed E-state index contributed by atoms with van der Waals surface area (Å²) in [6.45, 7) is 4.52. The number of nitrogens with one attached hydrogen (secondary N) is 2. The molecule has 3 heterocycles. The van der Waals surface area contributed by atoms with Crippen LogP contribution in [0.15, 0.2) is 16.9 Å². The third kappa shape index (κ3) is 4.21. The van der Waals surface area contributed by atoms with Crippen molar-refractivity contribution in [3.05, 3.63) is 28.3 Å². The summed E-state index contributed by atoms with van der Waals surface area (Å²) in [7, 11) is 0. The van der Waals surface area contributed by atoms with Gasteiger partial charge in [-0.1, -0.05) is 0 Å². The molecule has 6 nitrogen and oxygen atoms in total. The van der Waals surface area contributed by atoms with Gasteiger partial charge < -0.3 is 15.0 Å². The summed E-state index contributed by atoms with van der Waals surface area (Å²) in [4.78, 5) is 22.1. The van der Waals surface area contributed by atoms with Crippen LogP contribution in [0.5, 0.6) is 5.75 Å². The molecule has 0 radical (unpaired) electrons. The Bertz CT molecular complexity index is 930. The zero-order valence-corrected chi connectivity index (χ0v) is 17.3. The lowest BCUT2D eigenvalue weighted by atomic mass is 9.72. The standard InChI is InChI=1S/C21H27FN4O2.ClH/c22-16-11-15(28-13-14-1-2-14)12-17-18(16)19(27)25-20(24-17)26-9-5-21(6-10-26)3-7-23-8-4-21;/h11-12,14,23H,1-10,13H2,(H,24,25,27);1H. The van der Waals surface area contributed by atoms with Crippen molar-refractivity contribution in [3.63, 3.8) is 0 Å². The SMILES string of the molecule is Cl.O=c1[nH]c(N2CCC3(CCNCC3)CC2)nc2cc(OCC3CC3)cc(F)c12. The smallest absolute Gasteiger partial charge is 0.263 e. The molecule has 2 N–H and O–H groups in total. The minimum absolute atomic E-state index is 0. The molecule has 2 saturated heterocycles. The van der Waals surface area contributed by atoms with Crippen LogP contribution in [0.3, 0.4) is 0 Å². The molecule has 1 aromatic heterocycles. The zero-order valence-electron chi connectivity index (χ0n) is 16.5. The molecule has 1 saturated carbocycles. The number of anilines is 1. The predicted molar refractivity (Wildman–Crippen MR) is 114 cm³/mol. The van der Waals surface area contributed by atoms with Crippen LogP contribution in [0, 0.1) is 17.2 Å². The molecule has 0 atom stereocenters. The largest absolute Gasteiger partial charge is 0.493 e. The van der Waals surface area contributed by atoms with E-state index < -0.39 is 11.4 Å². The summed E-state index contributed by atoms with van der Waals surface area (Å²) in [6.07, 6.45) is 6.99. The number of nitrogens with zero attached hydrogens (tertiary/aromatic N) is 2. The quantitative estimate of drug-likeness (QED) is 0.791. The fourth-order valence-corrected chi connectivity index (χ4v) is 4.57. The summed E-state index contributed by atoms with van der Waals surface area (Å²) in [5, 5.41) is 3.45. The number of halogens is 2. The third-order valence-electron chi connectivity index (χ3n) is 6.69. The highest BCUT2D eigenvalue weighted by molar-refractivity contribution is 5.85. The third-order valence-corrected chi connectivity index (χ3v) is 6.69. The first-order valence-electron chi connectivity index (χ1n) is 10.4. The van der Waals surface area contributed by atoms with E-state index in [1.54, 1.807) is 6.07 Å². The van der Waals surface area contributed by atoms with Crippen molar-refractivity contribution < 1.29 is 9.13 Å². The van der Waals surface area contributed by atoms with Gasteiger partial charge >= 0.3 is 0 Å². The first-order valence-corrected chi connectivity index (χ1v) is 10.4. The number of aromatic amines is 1. The second kappa shape index (κ2) is 8.11. The normalized spacial score (nSPS) is 21.2. The first kappa shape index (κ1) is 20.4. The fourth-order valence-electron chi connectivity index (χ4n) is 4.57. The Hall–Kier alpha value is -1.86. The van der Waals surface area contributed by atoms with Gasteiger partial charge in [0.1, 0.15) is 17.0 Å². The number of benzene rings is 1. The van der Waals surface area contributed by atoms with Crippen LogP contribution in [0.2, 0.25) is 0 Å². The van der Waals surface area contributed by atoms with Crippen molar-refractivity contribution in [1.29, 1.82) is 0 Å². The number of H-pyrrole nitrogens is 1. The number of ether oxygens (including phenoxy) is 1. The molecule has 3 fully saturated rings. The van der Waals surface area contributed by atoms with Gasteiger partial charge in [0.25, 0.3) is 5.56 Å². The number of hydrogen-bond donors (Lipinski definition) is 2. The van der Waals surface area contributed by atoms with E-state index in [0.29, 0.717) is 35.2 Å². The molecule has 1 aliphatic carbocycles. The van der Waals surface area contributed by atoms with E-state index in [4.69, 9.17) is 4.74 Å². The maximum atomic E-state index is 14.5. The Morgan fingerprint density at radius 3 is 2.59 bits per heavy atom. The van der Waals surface area contributed by atoms with Crippen molar-refractivity contribution in [2.45, 2.75) is 38.5 Å². The summed E-state index contributed by atoms with van der Waals surface area (Å²) in [5.74, 6) is 1.00. The summed E-state index contributed by atoms with van der Waals surface area (Å²) < 4.78 is 20.2. The lowest BCUT2D eigenvalue weighted by Crippen LogP contribution is -2.46. The van der Waals surface area contributed by atoms with Crippen LogP contribution >= 0.6 is 12.4 Å². The average molecular weight is 423 g/mol. The Morgan fingerprint density at radius 1 is 1.17 bits per heavy atom. The summed E-state index contributed by atoms with van der Waals surface area (Å²) >= 11 is 0. The molecule has 1 aromatic carbocycles. The summed E-state index contributed by atoms with van der Waals surface area (Å²) in [6, 6.07) is 2.99. The lowest BCUT2D eigenvalue weighted by Gasteiger charge is -2.44. The summed E-state index contributed by atoms with van der Waals surface area (Å²) in [5.41, 5.74) is 0.370. The average Bonchev–Trinajstić information content (AvgIpc) is 3.51. The second-order valence-electron chi connectivity index (χ2n) is 8.68. The van der Waals surface area contributed by atoms with Crippen molar-refractivity contribution in [3.8, 4) is 5.75 Å². The van der Waals surface area contributed by atoms with Crippen LogP contribution in [0.25, 0.3) is 10.9 Å². The molecule has 0 unspecified atom stereocenters. The molecule has 29 heavy (non-hydrogen) atoms. The number of piperidine rings is 2. The van der Waals surface area contributed by atoms with E-state index >= 15 is 0 Å². The fraction of sp³-hybridized carbons (Fsp3) is 0.619. The molecule has 2 aliphatic heterocycles. The number of hydrogen-bond acceptors (Lipinski definition) is 5. The van der Waals surface area contributed by atoms with Gasteiger partial charge in [0.05, 0.1) is 12.1 Å². The lowest BCUT2D eigenvalue weighted by molar-refractivity contribution is 0.154. The molecule has 0 bridgehead atoms. The molecule has 1 spiro atoms. The van der Waals surface area contributed by atoms with Gasteiger partial charge in [-0.05, 0) is 62.9 Å². The molecular weight excluding hydrogens is 395 g/mol. The highest BCUT2D eigenvalue weighted by Gasteiger charge is 2.36. The Kier molecular flexibility index (Phi) is 5.71. The number of fused-ring (bicyclic) bond motifs is 1. The van der Waals surface area contributed by atoms with Crippen LogP contribution < -0.4 is 20.5 Å². The molecular formula is C21H28ClFN4O2. The van der Waals surface area contributed by atoms with Gasteiger partial charge in [-0.15, -0.1) is 12.4 Å². The van der Waals surface area contributed by atoms with Crippen LogP contribution in [0.4, 0.5) is 10.3 Å². The van der Waals surface area contributed by atoms with Crippen molar-refractivity contribution in [2.24, 2.45) is 11.3 Å². The first-order chi connectivity index (χ1) is 13.6. The van der Waals surface area contributed by atoms with E-state index in [-0.39, 0.29) is 17.8 Å². The van der Waals surface area contributed by atoms with Gasteiger partial charge in [-0.2, -0.15) is 0 Å². The van der Waals surface area contributed by atoms with Crippen molar-refractivity contribution in [1.82, 2.24) is 15.3 Å². The van der Waals surface area contributed by atoms with Crippen LogP contribution in [-0.2, 0) is 0 Å². The van der Waals surface area contributed by atoms with Crippen LogP contribution in [0.1, 0.15) is 38.5 Å². The maximum Gasteiger partial charge on any atom is 0.263 e. The molecule has 2 aromatic rings. The minimum Gasteiger partial charge on any atom is -0.493 e. The van der Waals surface area contributed by atoms with E-state index in [0.717, 1.165) is 39.0 Å². The Morgan fingerprint density at radius 2 is 1.90 bits per heavy atom. The van der Waals surface area contributed by atoms with Crippen molar-refractivity contribution in [2.75, 3.05) is 37.7 Å². The topological polar surface area (TPSA) is 70.2 Å². The monoisotopic (exact) mass is 422 g/mol. The highest BCUT2D eigenvalue weighted by Crippen LogP contribution is 2.40. The maximum absolute atomic E-state index is 14.5.